The van der Waals surface area contributed by atoms with E-state index < -0.39 is 0 Å². The Bertz CT molecular complexity index is 288. The van der Waals surface area contributed by atoms with E-state index in [0.717, 1.165) is 12.8 Å². The van der Waals surface area contributed by atoms with Crippen molar-refractivity contribution < 1.29 is 14.3 Å². The first-order valence-corrected chi connectivity index (χ1v) is 5.58. The number of cyclic esters (lactones) is 1. The zero-order chi connectivity index (χ0) is 11.0. The molecule has 2 heterocycles. The first kappa shape index (κ1) is 10.5. The van der Waals surface area contributed by atoms with Gasteiger partial charge in [-0.1, -0.05) is 13.8 Å². The van der Waals surface area contributed by atoms with Gasteiger partial charge in [0.05, 0.1) is 12.0 Å². The van der Waals surface area contributed by atoms with Gasteiger partial charge in [0.2, 0.25) is 5.91 Å². The van der Waals surface area contributed by atoms with Gasteiger partial charge in [-0.25, -0.2) is 0 Å². The molecule has 2 rings (SSSR count). The van der Waals surface area contributed by atoms with Crippen LogP contribution in [0, 0.1) is 11.8 Å². The molecule has 0 radical (unpaired) electrons. The molecule has 2 saturated heterocycles. The molecule has 84 valence electrons. The maximum absolute atomic E-state index is 11.5. The number of carbonyl (C=O) groups excluding carboxylic acids is 2. The molecule has 2 aliphatic heterocycles. The summed E-state index contributed by atoms with van der Waals surface area (Å²) in [4.78, 5) is 22.6. The van der Waals surface area contributed by atoms with E-state index in [0.29, 0.717) is 12.3 Å². The minimum Gasteiger partial charge on any atom is -0.460 e. The minimum absolute atomic E-state index is 0.00695. The molecule has 0 spiro atoms. The van der Waals surface area contributed by atoms with E-state index in [2.05, 4.69) is 5.32 Å². The zero-order valence-electron chi connectivity index (χ0n) is 9.16. The third-order valence-electron chi connectivity index (χ3n) is 3.34. The predicted molar refractivity (Wildman–Crippen MR) is 54.0 cm³/mol. The number of hydrogen-bond acceptors (Lipinski definition) is 3. The molecule has 0 aromatic carbocycles. The Kier molecular flexibility index (Phi) is 2.67. The van der Waals surface area contributed by atoms with Crippen molar-refractivity contribution in [1.82, 2.24) is 5.32 Å². The summed E-state index contributed by atoms with van der Waals surface area (Å²) in [6.45, 7) is 4.06. The molecule has 0 aliphatic carbocycles. The molecule has 0 bridgehead atoms. The maximum atomic E-state index is 11.5. The van der Waals surface area contributed by atoms with Gasteiger partial charge in [0.25, 0.3) is 0 Å². The SMILES string of the molecule is CC(C)[C@@H]1C[C@@H](C2CCC(=O)N2)OC1=O. The van der Waals surface area contributed by atoms with Crippen molar-refractivity contribution >= 4 is 11.9 Å². The fourth-order valence-corrected chi connectivity index (χ4v) is 2.34. The van der Waals surface area contributed by atoms with Gasteiger partial charge in [0.15, 0.2) is 0 Å². The van der Waals surface area contributed by atoms with Crippen molar-refractivity contribution in [1.29, 1.82) is 0 Å². The summed E-state index contributed by atoms with van der Waals surface area (Å²) < 4.78 is 5.31. The molecular formula is C11H17NO3. The number of nitrogens with one attached hydrogen (secondary N) is 1. The lowest BCUT2D eigenvalue weighted by Gasteiger charge is -2.16. The summed E-state index contributed by atoms with van der Waals surface area (Å²) >= 11 is 0. The Hall–Kier alpha value is -1.06. The average Bonchev–Trinajstić information content (AvgIpc) is 2.71. The Morgan fingerprint density at radius 2 is 2.13 bits per heavy atom. The molecule has 15 heavy (non-hydrogen) atoms. The minimum atomic E-state index is -0.101. The summed E-state index contributed by atoms with van der Waals surface area (Å²) in [5.41, 5.74) is 0. The third kappa shape index (κ3) is 1.98. The first-order chi connectivity index (χ1) is 7.08. The molecular weight excluding hydrogens is 194 g/mol. The molecule has 2 fully saturated rings. The highest BCUT2D eigenvalue weighted by molar-refractivity contribution is 5.79. The monoisotopic (exact) mass is 211 g/mol. The van der Waals surface area contributed by atoms with E-state index in [1.165, 1.54) is 0 Å². The first-order valence-electron chi connectivity index (χ1n) is 5.58. The summed E-state index contributed by atoms with van der Waals surface area (Å²) in [5, 5.41) is 2.86. The Balaban J connectivity index is 1.97. The lowest BCUT2D eigenvalue weighted by molar-refractivity contribution is -0.146. The molecule has 1 N–H and O–H groups in total. The van der Waals surface area contributed by atoms with Gasteiger partial charge in [-0.2, -0.15) is 0 Å². The third-order valence-corrected chi connectivity index (χ3v) is 3.34. The molecule has 1 unspecified atom stereocenters. The van der Waals surface area contributed by atoms with E-state index >= 15 is 0 Å². The normalized spacial score (nSPS) is 35.8. The molecule has 2 aliphatic rings. The summed E-state index contributed by atoms with van der Waals surface area (Å²) in [5.74, 6) is 0.298. The van der Waals surface area contributed by atoms with Crippen LogP contribution in [0.15, 0.2) is 0 Å². The summed E-state index contributed by atoms with van der Waals surface area (Å²) in [7, 11) is 0. The molecule has 1 amide bonds. The lowest BCUT2D eigenvalue weighted by Crippen LogP contribution is -2.36. The van der Waals surface area contributed by atoms with Crippen LogP contribution in [0.5, 0.6) is 0 Å². The number of rotatable bonds is 2. The van der Waals surface area contributed by atoms with E-state index in [-0.39, 0.29) is 29.9 Å². The van der Waals surface area contributed by atoms with Crippen molar-refractivity contribution in [3.63, 3.8) is 0 Å². The maximum Gasteiger partial charge on any atom is 0.309 e. The van der Waals surface area contributed by atoms with Crippen LogP contribution in [0.4, 0.5) is 0 Å². The van der Waals surface area contributed by atoms with Crippen LogP contribution in [0.25, 0.3) is 0 Å². The van der Waals surface area contributed by atoms with Crippen LogP contribution < -0.4 is 5.32 Å². The Labute approximate surface area is 89.4 Å². The van der Waals surface area contributed by atoms with Crippen LogP contribution in [-0.4, -0.2) is 24.0 Å². The van der Waals surface area contributed by atoms with E-state index in [4.69, 9.17) is 4.74 Å². The van der Waals surface area contributed by atoms with Crippen molar-refractivity contribution in [2.75, 3.05) is 0 Å². The molecule has 3 atom stereocenters. The van der Waals surface area contributed by atoms with Crippen molar-refractivity contribution in [2.45, 2.75) is 45.3 Å². The van der Waals surface area contributed by atoms with Gasteiger partial charge in [-0.05, 0) is 18.8 Å². The number of ether oxygens (including phenoxy) is 1. The van der Waals surface area contributed by atoms with E-state index in [1.807, 2.05) is 13.8 Å². The highest BCUT2D eigenvalue weighted by Gasteiger charge is 2.42. The second kappa shape index (κ2) is 3.83. The Morgan fingerprint density at radius 3 is 2.60 bits per heavy atom. The second-order valence-electron chi connectivity index (χ2n) is 4.77. The fourth-order valence-electron chi connectivity index (χ4n) is 2.34. The number of esters is 1. The van der Waals surface area contributed by atoms with Crippen LogP contribution in [-0.2, 0) is 14.3 Å². The highest BCUT2D eigenvalue weighted by atomic mass is 16.6. The van der Waals surface area contributed by atoms with Crippen molar-refractivity contribution in [2.24, 2.45) is 11.8 Å². The lowest BCUT2D eigenvalue weighted by atomic mass is 9.91. The topological polar surface area (TPSA) is 55.4 Å². The largest absolute Gasteiger partial charge is 0.460 e. The van der Waals surface area contributed by atoms with Gasteiger partial charge in [0, 0.05) is 6.42 Å². The standard InChI is InChI=1S/C11H17NO3/c1-6(2)7-5-9(15-11(7)14)8-3-4-10(13)12-8/h6-9H,3-5H2,1-2H3,(H,12,13)/t7-,8?,9-/m0/s1. The zero-order valence-corrected chi connectivity index (χ0v) is 9.16. The molecule has 4 nitrogen and oxygen atoms in total. The average molecular weight is 211 g/mol. The molecule has 0 aromatic heterocycles. The smallest absolute Gasteiger partial charge is 0.309 e. The van der Waals surface area contributed by atoms with E-state index in [9.17, 15) is 9.59 Å². The molecule has 4 heteroatoms. The Morgan fingerprint density at radius 1 is 1.40 bits per heavy atom. The van der Waals surface area contributed by atoms with Crippen LogP contribution >= 0.6 is 0 Å². The molecule has 0 saturated carbocycles. The second-order valence-corrected chi connectivity index (χ2v) is 4.77. The van der Waals surface area contributed by atoms with Gasteiger partial charge >= 0.3 is 5.97 Å². The van der Waals surface area contributed by atoms with Gasteiger partial charge in [-0.15, -0.1) is 0 Å². The fraction of sp³-hybridized carbons (Fsp3) is 0.818. The number of carbonyl (C=O) groups is 2. The van der Waals surface area contributed by atoms with Crippen LogP contribution in [0.1, 0.15) is 33.1 Å². The van der Waals surface area contributed by atoms with Crippen LogP contribution in [0.3, 0.4) is 0 Å². The highest BCUT2D eigenvalue weighted by Crippen LogP contribution is 2.31. The summed E-state index contributed by atoms with van der Waals surface area (Å²) in [6, 6.07) is 0.0465. The van der Waals surface area contributed by atoms with Crippen LogP contribution in [0.2, 0.25) is 0 Å². The van der Waals surface area contributed by atoms with Gasteiger partial charge in [0.1, 0.15) is 6.10 Å². The predicted octanol–water partition coefficient (Wildman–Crippen LogP) is 0.853. The van der Waals surface area contributed by atoms with E-state index in [1.54, 1.807) is 0 Å². The molecule has 0 aromatic rings. The van der Waals surface area contributed by atoms with Gasteiger partial charge in [-0.3, -0.25) is 9.59 Å². The number of amides is 1. The summed E-state index contributed by atoms with van der Waals surface area (Å²) in [6.07, 6.45) is 2.00. The van der Waals surface area contributed by atoms with Crippen molar-refractivity contribution in [3.05, 3.63) is 0 Å². The van der Waals surface area contributed by atoms with Gasteiger partial charge < -0.3 is 10.1 Å². The number of hydrogen-bond donors (Lipinski definition) is 1. The quantitative estimate of drug-likeness (QED) is 0.689. The van der Waals surface area contributed by atoms with Crippen molar-refractivity contribution in [3.8, 4) is 0 Å².